The first-order valence-electron chi connectivity index (χ1n) is 6.68. The van der Waals surface area contributed by atoms with Crippen molar-refractivity contribution in [3.63, 3.8) is 0 Å². The number of hydrogen-bond donors (Lipinski definition) is 1. The molecule has 1 fully saturated rings. The highest BCUT2D eigenvalue weighted by molar-refractivity contribution is 5.85. The molecule has 1 aromatic heterocycles. The number of hydrogen-bond acceptors (Lipinski definition) is 5. The summed E-state index contributed by atoms with van der Waals surface area (Å²) in [5.74, 6) is 0.269. The molecule has 0 amide bonds. The van der Waals surface area contributed by atoms with Gasteiger partial charge in [-0.25, -0.2) is 4.79 Å². The highest BCUT2D eigenvalue weighted by atomic mass is 16.5. The Morgan fingerprint density at radius 1 is 1.37 bits per heavy atom. The zero-order valence-corrected chi connectivity index (χ0v) is 11.5. The van der Waals surface area contributed by atoms with E-state index in [1.165, 1.54) is 6.07 Å². The lowest BCUT2D eigenvalue weighted by molar-refractivity contribution is 0.0685. The number of carboxylic acids is 1. The highest BCUT2D eigenvalue weighted by Crippen LogP contribution is 2.11. The minimum Gasteiger partial charge on any atom is -0.476 e. The normalized spacial score (nSPS) is 18.1. The molecule has 0 bridgehead atoms. The Bertz CT molecular complexity index is 423. The average Bonchev–Trinajstić information content (AvgIpc) is 2.80. The van der Waals surface area contributed by atoms with Crippen molar-refractivity contribution in [3.8, 4) is 0 Å². The molecular formula is C13H21N3O3. The van der Waals surface area contributed by atoms with E-state index >= 15 is 0 Å². The minimum absolute atomic E-state index is 0.0200. The Morgan fingerprint density at radius 2 is 2.00 bits per heavy atom. The maximum absolute atomic E-state index is 10.7. The van der Waals surface area contributed by atoms with E-state index in [2.05, 4.69) is 28.8 Å². The number of piperazine rings is 1. The third kappa shape index (κ3) is 4.04. The van der Waals surface area contributed by atoms with Crippen molar-refractivity contribution in [2.45, 2.75) is 20.4 Å². The SMILES string of the molecule is CC(C)CN1CCN(Cc2cc(C(=O)O)no2)CC1. The molecule has 6 heteroatoms. The van der Waals surface area contributed by atoms with Gasteiger partial charge in [-0.2, -0.15) is 0 Å². The van der Waals surface area contributed by atoms with Crippen molar-refractivity contribution in [1.82, 2.24) is 15.0 Å². The van der Waals surface area contributed by atoms with Gasteiger partial charge in [0.15, 0.2) is 11.5 Å². The van der Waals surface area contributed by atoms with Crippen LogP contribution >= 0.6 is 0 Å². The van der Waals surface area contributed by atoms with E-state index in [9.17, 15) is 4.79 Å². The molecule has 1 N–H and O–H groups in total. The Labute approximate surface area is 113 Å². The molecule has 19 heavy (non-hydrogen) atoms. The lowest BCUT2D eigenvalue weighted by Crippen LogP contribution is -2.46. The van der Waals surface area contributed by atoms with E-state index in [-0.39, 0.29) is 5.69 Å². The standard InChI is InChI=1S/C13H21N3O3/c1-10(2)8-15-3-5-16(6-4-15)9-11-7-12(13(17)18)14-19-11/h7,10H,3-6,8-9H2,1-2H3,(H,17,18). The second kappa shape index (κ2) is 6.16. The summed E-state index contributed by atoms with van der Waals surface area (Å²) < 4.78 is 5.03. The van der Waals surface area contributed by atoms with Gasteiger partial charge >= 0.3 is 5.97 Å². The first-order valence-corrected chi connectivity index (χ1v) is 6.68. The number of carbonyl (C=O) groups is 1. The van der Waals surface area contributed by atoms with Gasteiger partial charge in [-0.1, -0.05) is 19.0 Å². The van der Waals surface area contributed by atoms with Crippen molar-refractivity contribution < 1.29 is 14.4 Å². The van der Waals surface area contributed by atoms with Crippen molar-refractivity contribution in [2.24, 2.45) is 5.92 Å². The maximum atomic E-state index is 10.7. The average molecular weight is 267 g/mol. The predicted molar refractivity (Wildman–Crippen MR) is 70.0 cm³/mol. The number of aromatic nitrogens is 1. The Morgan fingerprint density at radius 3 is 2.53 bits per heavy atom. The third-order valence-corrected chi connectivity index (χ3v) is 3.25. The molecule has 0 unspecified atom stereocenters. The number of carboxylic acid groups (broad SMARTS) is 1. The van der Waals surface area contributed by atoms with Crippen molar-refractivity contribution in [1.29, 1.82) is 0 Å². The van der Waals surface area contributed by atoms with Gasteiger partial charge in [-0.05, 0) is 5.92 Å². The first kappa shape index (κ1) is 14.0. The largest absolute Gasteiger partial charge is 0.476 e. The number of nitrogens with zero attached hydrogens (tertiary/aromatic N) is 3. The summed E-state index contributed by atoms with van der Waals surface area (Å²) in [6.07, 6.45) is 0. The third-order valence-electron chi connectivity index (χ3n) is 3.25. The van der Waals surface area contributed by atoms with Crippen LogP contribution in [0.4, 0.5) is 0 Å². The van der Waals surface area contributed by atoms with E-state index in [0.29, 0.717) is 18.2 Å². The Hall–Kier alpha value is -1.40. The topological polar surface area (TPSA) is 69.8 Å². The highest BCUT2D eigenvalue weighted by Gasteiger charge is 2.19. The van der Waals surface area contributed by atoms with Gasteiger partial charge in [0, 0.05) is 38.8 Å². The number of rotatable bonds is 5. The molecule has 1 saturated heterocycles. The van der Waals surface area contributed by atoms with Gasteiger partial charge in [0.25, 0.3) is 0 Å². The summed E-state index contributed by atoms with van der Waals surface area (Å²) in [5, 5.41) is 12.3. The number of aromatic carboxylic acids is 1. The summed E-state index contributed by atoms with van der Waals surface area (Å²) in [4.78, 5) is 15.4. The molecule has 1 aromatic rings. The zero-order chi connectivity index (χ0) is 13.8. The van der Waals surface area contributed by atoms with Crippen LogP contribution in [0, 0.1) is 5.92 Å². The van der Waals surface area contributed by atoms with E-state index in [1.54, 1.807) is 0 Å². The van der Waals surface area contributed by atoms with Gasteiger partial charge in [0.2, 0.25) is 0 Å². The fraction of sp³-hybridized carbons (Fsp3) is 0.692. The Balaban J connectivity index is 1.80. The summed E-state index contributed by atoms with van der Waals surface area (Å²) in [5.41, 5.74) is -0.0200. The molecule has 0 saturated carbocycles. The summed E-state index contributed by atoms with van der Waals surface area (Å²) in [6.45, 7) is 10.3. The van der Waals surface area contributed by atoms with Crippen molar-refractivity contribution >= 4 is 5.97 Å². The molecule has 0 atom stereocenters. The molecule has 0 aliphatic carbocycles. The molecule has 106 valence electrons. The van der Waals surface area contributed by atoms with Crippen LogP contribution in [-0.4, -0.2) is 58.8 Å². The molecule has 0 radical (unpaired) electrons. The Kier molecular flexibility index (Phi) is 4.55. The van der Waals surface area contributed by atoms with Crippen molar-refractivity contribution in [3.05, 3.63) is 17.5 Å². The molecule has 1 aliphatic rings. The predicted octanol–water partition coefficient (Wildman–Crippen LogP) is 1.15. The zero-order valence-electron chi connectivity index (χ0n) is 11.5. The van der Waals surface area contributed by atoms with Gasteiger partial charge in [-0.3, -0.25) is 4.90 Å². The molecular weight excluding hydrogens is 246 g/mol. The fourth-order valence-corrected chi connectivity index (χ4v) is 2.36. The quantitative estimate of drug-likeness (QED) is 0.863. The fourth-order valence-electron chi connectivity index (χ4n) is 2.36. The molecule has 2 rings (SSSR count). The molecule has 6 nitrogen and oxygen atoms in total. The van der Waals surface area contributed by atoms with E-state index in [4.69, 9.17) is 9.63 Å². The molecule has 1 aliphatic heterocycles. The van der Waals surface area contributed by atoms with Gasteiger partial charge < -0.3 is 14.5 Å². The van der Waals surface area contributed by atoms with Crippen LogP contribution in [0.3, 0.4) is 0 Å². The maximum Gasteiger partial charge on any atom is 0.358 e. The summed E-state index contributed by atoms with van der Waals surface area (Å²) in [6, 6.07) is 1.50. The van der Waals surface area contributed by atoms with Crippen LogP contribution in [0.25, 0.3) is 0 Å². The monoisotopic (exact) mass is 267 g/mol. The van der Waals surface area contributed by atoms with E-state index in [0.717, 1.165) is 32.7 Å². The molecule has 0 aromatic carbocycles. The van der Waals surface area contributed by atoms with Gasteiger partial charge in [0.05, 0.1) is 6.54 Å². The van der Waals surface area contributed by atoms with Crippen LogP contribution < -0.4 is 0 Å². The molecule has 0 spiro atoms. The van der Waals surface area contributed by atoms with Crippen molar-refractivity contribution in [2.75, 3.05) is 32.7 Å². The summed E-state index contributed by atoms with van der Waals surface area (Å²) in [7, 11) is 0. The smallest absolute Gasteiger partial charge is 0.358 e. The minimum atomic E-state index is -1.04. The van der Waals surface area contributed by atoms with Crippen LogP contribution in [-0.2, 0) is 6.54 Å². The first-order chi connectivity index (χ1) is 9.04. The van der Waals surface area contributed by atoms with E-state index in [1.807, 2.05) is 0 Å². The van der Waals surface area contributed by atoms with Crippen LogP contribution in [0.15, 0.2) is 10.6 Å². The lowest BCUT2D eigenvalue weighted by Gasteiger charge is -2.34. The van der Waals surface area contributed by atoms with Gasteiger partial charge in [-0.15, -0.1) is 0 Å². The van der Waals surface area contributed by atoms with Crippen LogP contribution in [0.2, 0.25) is 0 Å². The molecule has 2 heterocycles. The van der Waals surface area contributed by atoms with Crippen LogP contribution in [0.1, 0.15) is 30.1 Å². The second-order valence-corrected chi connectivity index (χ2v) is 5.45. The summed E-state index contributed by atoms with van der Waals surface area (Å²) >= 11 is 0. The second-order valence-electron chi connectivity index (χ2n) is 5.45. The van der Waals surface area contributed by atoms with E-state index < -0.39 is 5.97 Å². The van der Waals surface area contributed by atoms with Crippen LogP contribution in [0.5, 0.6) is 0 Å². The van der Waals surface area contributed by atoms with Gasteiger partial charge in [0.1, 0.15) is 0 Å². The lowest BCUT2D eigenvalue weighted by atomic mass is 10.2.